The van der Waals surface area contributed by atoms with E-state index in [0.717, 1.165) is 67.4 Å². The van der Waals surface area contributed by atoms with E-state index < -0.39 is 11.0 Å². The van der Waals surface area contributed by atoms with E-state index in [1.807, 2.05) is 66.2 Å². The van der Waals surface area contributed by atoms with Crippen LogP contribution in [0, 0.1) is 6.92 Å². The van der Waals surface area contributed by atoms with E-state index in [1.54, 1.807) is 0 Å². The molecule has 0 aliphatic carbocycles. The Balaban J connectivity index is 1.29. The van der Waals surface area contributed by atoms with Gasteiger partial charge in [-0.15, -0.1) is 0 Å². The van der Waals surface area contributed by atoms with Crippen LogP contribution in [0.4, 0.5) is 17.1 Å². The molecule has 0 saturated carbocycles. The van der Waals surface area contributed by atoms with Crippen molar-refractivity contribution in [3.05, 3.63) is 184 Å². The van der Waals surface area contributed by atoms with Gasteiger partial charge in [-0.05, 0) is 72.6 Å². The molecular weight excluding hydrogens is 594 g/mol. The van der Waals surface area contributed by atoms with Crippen LogP contribution in [-0.2, 0) is 5.41 Å². The molecular formula is C42H27N3O3. The number of fused-ring (bicyclic) bond motifs is 11. The normalized spacial score (nSPS) is 13.9. The first-order valence-corrected chi connectivity index (χ1v) is 16.0. The van der Waals surface area contributed by atoms with Crippen LogP contribution in [0.25, 0.3) is 27.6 Å². The summed E-state index contributed by atoms with van der Waals surface area (Å²) in [6.07, 6.45) is 0. The SMILES string of the molecule is Cc1nn(-c2ccccc2)c2c1c(=O)oc1ccc(N3c4ccccc4C4(c5ccccc5Oc5ccccc54)c4ccccc43)cc12. The molecule has 228 valence electrons. The zero-order valence-corrected chi connectivity index (χ0v) is 25.9. The highest BCUT2D eigenvalue weighted by molar-refractivity contribution is 6.06. The van der Waals surface area contributed by atoms with E-state index in [4.69, 9.17) is 14.3 Å². The number of hydrogen-bond acceptors (Lipinski definition) is 5. The first kappa shape index (κ1) is 26.8. The highest BCUT2D eigenvalue weighted by Gasteiger charge is 2.51. The maximum atomic E-state index is 13.3. The lowest BCUT2D eigenvalue weighted by Crippen LogP contribution is -2.39. The minimum Gasteiger partial charge on any atom is -0.457 e. The molecule has 0 atom stereocenters. The second kappa shape index (κ2) is 9.80. The van der Waals surface area contributed by atoms with E-state index in [9.17, 15) is 4.79 Å². The molecule has 2 aromatic heterocycles. The molecule has 48 heavy (non-hydrogen) atoms. The Morgan fingerprint density at radius 3 is 1.81 bits per heavy atom. The summed E-state index contributed by atoms with van der Waals surface area (Å²) in [5.41, 5.74) is 9.31. The Morgan fingerprint density at radius 1 is 0.604 bits per heavy atom. The first-order valence-electron chi connectivity index (χ1n) is 16.0. The van der Waals surface area contributed by atoms with Crippen molar-refractivity contribution in [3.8, 4) is 17.2 Å². The lowest BCUT2D eigenvalue weighted by atomic mass is 9.61. The number of benzene rings is 6. The Morgan fingerprint density at radius 2 is 1.17 bits per heavy atom. The van der Waals surface area contributed by atoms with Gasteiger partial charge < -0.3 is 14.1 Å². The number of rotatable bonds is 2. The summed E-state index contributed by atoms with van der Waals surface area (Å²) in [5.74, 6) is 1.70. The minimum atomic E-state index is -0.616. The molecule has 2 aliphatic rings. The average molecular weight is 622 g/mol. The lowest BCUT2D eigenvalue weighted by Gasteiger charge is -2.48. The van der Waals surface area contributed by atoms with Crippen molar-refractivity contribution in [2.75, 3.05) is 4.90 Å². The monoisotopic (exact) mass is 621 g/mol. The van der Waals surface area contributed by atoms with Crippen LogP contribution >= 0.6 is 0 Å². The molecule has 0 fully saturated rings. The van der Waals surface area contributed by atoms with Crippen LogP contribution in [0.15, 0.2) is 155 Å². The molecule has 0 unspecified atom stereocenters. The zero-order chi connectivity index (χ0) is 32.0. The largest absolute Gasteiger partial charge is 0.457 e. The molecule has 10 rings (SSSR count). The number of hydrogen-bond donors (Lipinski definition) is 0. The summed E-state index contributed by atoms with van der Waals surface area (Å²) in [5, 5.41) is 6.11. The first-order chi connectivity index (χ1) is 23.6. The van der Waals surface area contributed by atoms with Gasteiger partial charge in [0.05, 0.1) is 33.7 Å². The average Bonchev–Trinajstić information content (AvgIpc) is 3.50. The number of aromatic nitrogens is 2. The van der Waals surface area contributed by atoms with Crippen LogP contribution in [0.3, 0.4) is 0 Å². The van der Waals surface area contributed by atoms with E-state index in [0.29, 0.717) is 16.7 Å². The van der Waals surface area contributed by atoms with Gasteiger partial charge in [-0.3, -0.25) is 0 Å². The zero-order valence-electron chi connectivity index (χ0n) is 25.9. The predicted octanol–water partition coefficient (Wildman–Crippen LogP) is 9.71. The highest BCUT2D eigenvalue weighted by Crippen LogP contribution is 2.62. The molecule has 0 amide bonds. The van der Waals surface area contributed by atoms with Crippen LogP contribution in [0.2, 0.25) is 0 Å². The predicted molar refractivity (Wildman–Crippen MR) is 188 cm³/mol. The van der Waals surface area contributed by atoms with Crippen molar-refractivity contribution in [1.29, 1.82) is 0 Å². The summed E-state index contributed by atoms with van der Waals surface area (Å²) < 4.78 is 14.3. The molecule has 8 aromatic rings. The van der Waals surface area contributed by atoms with Crippen LogP contribution in [0.1, 0.15) is 27.9 Å². The Kier molecular flexibility index (Phi) is 5.47. The van der Waals surface area contributed by atoms with Crippen molar-refractivity contribution in [2.45, 2.75) is 12.3 Å². The second-order valence-electron chi connectivity index (χ2n) is 12.3. The van der Waals surface area contributed by atoms with Crippen molar-refractivity contribution in [1.82, 2.24) is 9.78 Å². The van der Waals surface area contributed by atoms with Crippen molar-refractivity contribution in [3.63, 3.8) is 0 Å². The lowest BCUT2D eigenvalue weighted by molar-refractivity contribution is 0.434. The molecule has 0 saturated heterocycles. The summed E-state index contributed by atoms with van der Waals surface area (Å²) in [6.45, 7) is 1.86. The number of aryl methyl sites for hydroxylation is 1. The van der Waals surface area contributed by atoms with Crippen molar-refractivity contribution >= 4 is 38.9 Å². The topological polar surface area (TPSA) is 60.5 Å². The quantitative estimate of drug-likeness (QED) is 0.180. The maximum Gasteiger partial charge on any atom is 0.347 e. The van der Waals surface area contributed by atoms with E-state index >= 15 is 0 Å². The molecule has 0 bridgehead atoms. The Labute approximate surface area is 275 Å². The number of nitrogens with zero attached hydrogens (tertiary/aromatic N) is 3. The van der Waals surface area contributed by atoms with Crippen LogP contribution in [-0.4, -0.2) is 9.78 Å². The fourth-order valence-corrected chi connectivity index (χ4v) is 7.96. The van der Waals surface area contributed by atoms with E-state index in [1.165, 1.54) is 0 Å². The molecule has 6 aromatic carbocycles. The standard InChI is InChI=1S/C42H27N3O3/c1-26-39-40(45(43-26)27-13-3-2-4-14-27)29-25-28(23-24-36(29)48-41(39)46)44-34-19-9-5-15-30(34)42(31-16-6-10-20-35(31)44)32-17-7-11-21-37(32)47-38-22-12-8-18-33(38)42/h2-25H,1H3. The third-order valence-electron chi connectivity index (χ3n) is 9.84. The fraction of sp³-hybridized carbons (Fsp3) is 0.0476. The number of para-hydroxylation sites is 5. The Bertz CT molecular complexity index is 2560. The molecule has 6 heteroatoms. The van der Waals surface area contributed by atoms with Gasteiger partial charge in [0.2, 0.25) is 0 Å². The van der Waals surface area contributed by atoms with Gasteiger partial charge in [0.15, 0.2) is 0 Å². The fourth-order valence-electron chi connectivity index (χ4n) is 7.96. The van der Waals surface area contributed by atoms with E-state index in [2.05, 4.69) is 95.9 Å². The molecule has 1 spiro atoms. The van der Waals surface area contributed by atoms with E-state index in [-0.39, 0.29) is 0 Å². The number of anilines is 3. The highest BCUT2D eigenvalue weighted by atomic mass is 16.5. The van der Waals surface area contributed by atoms with Crippen LogP contribution in [0.5, 0.6) is 11.5 Å². The molecule has 0 N–H and O–H groups in total. The smallest absolute Gasteiger partial charge is 0.347 e. The third kappa shape index (κ3) is 3.46. The molecule has 6 nitrogen and oxygen atoms in total. The summed E-state index contributed by atoms with van der Waals surface area (Å²) in [4.78, 5) is 15.6. The summed E-state index contributed by atoms with van der Waals surface area (Å²) in [6, 6.07) is 50.0. The summed E-state index contributed by atoms with van der Waals surface area (Å²) in [7, 11) is 0. The van der Waals surface area contributed by atoms with Gasteiger partial charge in [-0.25, -0.2) is 9.48 Å². The van der Waals surface area contributed by atoms with Crippen molar-refractivity contribution in [2.24, 2.45) is 0 Å². The van der Waals surface area contributed by atoms with Gasteiger partial charge in [-0.2, -0.15) is 5.10 Å². The van der Waals surface area contributed by atoms with Gasteiger partial charge >= 0.3 is 5.63 Å². The molecule has 2 aliphatic heterocycles. The molecule has 0 radical (unpaired) electrons. The maximum absolute atomic E-state index is 13.3. The third-order valence-corrected chi connectivity index (χ3v) is 9.84. The van der Waals surface area contributed by atoms with Gasteiger partial charge in [-0.1, -0.05) is 91.0 Å². The van der Waals surface area contributed by atoms with Gasteiger partial charge in [0.1, 0.15) is 22.5 Å². The molecule has 4 heterocycles. The van der Waals surface area contributed by atoms with Crippen LogP contribution < -0.4 is 15.3 Å². The number of ether oxygens (including phenoxy) is 1. The minimum absolute atomic E-state index is 0.391. The van der Waals surface area contributed by atoms with Crippen molar-refractivity contribution < 1.29 is 9.15 Å². The Hall–Kier alpha value is -6.40. The van der Waals surface area contributed by atoms with Gasteiger partial charge in [0, 0.05) is 22.2 Å². The second-order valence-corrected chi connectivity index (χ2v) is 12.3. The summed E-state index contributed by atoms with van der Waals surface area (Å²) >= 11 is 0. The van der Waals surface area contributed by atoms with Gasteiger partial charge in [0.25, 0.3) is 0 Å².